The summed E-state index contributed by atoms with van der Waals surface area (Å²) in [6.07, 6.45) is 3.86. The van der Waals surface area contributed by atoms with E-state index in [2.05, 4.69) is 10.3 Å². The summed E-state index contributed by atoms with van der Waals surface area (Å²) in [4.78, 5) is 29.0. The second-order valence-electron chi connectivity index (χ2n) is 5.35. The number of aromatic nitrogens is 1. The maximum Gasteiger partial charge on any atom is 0.254 e. The number of hydrogen-bond donors (Lipinski definition) is 1. The first-order valence-electron chi connectivity index (χ1n) is 7.42. The summed E-state index contributed by atoms with van der Waals surface area (Å²) >= 11 is 0. The quantitative estimate of drug-likeness (QED) is 0.942. The van der Waals surface area contributed by atoms with Crippen molar-refractivity contribution in [3.63, 3.8) is 0 Å². The van der Waals surface area contributed by atoms with Gasteiger partial charge in [0, 0.05) is 31.4 Å². The zero-order valence-electron chi connectivity index (χ0n) is 12.5. The van der Waals surface area contributed by atoms with Crippen LogP contribution in [0.1, 0.15) is 28.8 Å². The summed E-state index contributed by atoms with van der Waals surface area (Å²) in [6, 6.07) is 8.76. The molecule has 1 aliphatic rings. The maximum atomic E-state index is 13.5. The highest BCUT2D eigenvalue weighted by molar-refractivity contribution is 5.95. The summed E-state index contributed by atoms with van der Waals surface area (Å²) in [5, 5.41) is 2.67. The highest BCUT2D eigenvalue weighted by Crippen LogP contribution is 2.21. The molecule has 2 amide bonds. The van der Waals surface area contributed by atoms with E-state index in [0.29, 0.717) is 6.42 Å². The molecule has 0 unspecified atom stereocenters. The van der Waals surface area contributed by atoms with E-state index in [1.807, 2.05) is 24.3 Å². The van der Waals surface area contributed by atoms with E-state index in [1.54, 1.807) is 4.90 Å². The third kappa shape index (κ3) is 3.36. The van der Waals surface area contributed by atoms with Crippen molar-refractivity contribution in [2.45, 2.75) is 19.4 Å². The number of pyridine rings is 1. The highest BCUT2D eigenvalue weighted by Gasteiger charge is 2.21. The Morgan fingerprint density at radius 2 is 2.04 bits per heavy atom. The Morgan fingerprint density at radius 1 is 1.26 bits per heavy atom. The molecule has 0 aliphatic carbocycles. The molecule has 1 saturated heterocycles. The molecule has 0 spiro atoms. The largest absolute Gasteiger partial charge is 0.348 e. The van der Waals surface area contributed by atoms with Crippen LogP contribution in [0.4, 0.5) is 10.1 Å². The fourth-order valence-corrected chi connectivity index (χ4v) is 2.55. The van der Waals surface area contributed by atoms with E-state index < -0.39 is 11.7 Å². The number of carbonyl (C=O) groups is 2. The molecule has 0 radical (unpaired) electrons. The van der Waals surface area contributed by atoms with Crippen LogP contribution in [0.2, 0.25) is 0 Å². The molecule has 1 aromatic carbocycles. The molecule has 0 bridgehead atoms. The Kier molecular flexibility index (Phi) is 4.32. The van der Waals surface area contributed by atoms with Crippen molar-refractivity contribution in [1.29, 1.82) is 0 Å². The van der Waals surface area contributed by atoms with Crippen LogP contribution < -0.4 is 10.2 Å². The van der Waals surface area contributed by atoms with Gasteiger partial charge >= 0.3 is 0 Å². The summed E-state index contributed by atoms with van der Waals surface area (Å²) in [7, 11) is 0. The third-order valence-electron chi connectivity index (χ3n) is 3.79. The van der Waals surface area contributed by atoms with Crippen molar-refractivity contribution in [2.75, 3.05) is 11.4 Å². The molecule has 2 aromatic rings. The standard InChI is InChI=1S/C17H16FN3O2/c18-15-11-19-8-7-14(15)17(23)20-10-12-3-5-13(6-4-12)21-9-1-2-16(21)22/h3-8,11H,1-2,9-10H2,(H,20,23). The number of amides is 2. The predicted octanol–water partition coefficient (Wildman–Crippen LogP) is 2.28. The van der Waals surface area contributed by atoms with Crippen LogP contribution in [0.5, 0.6) is 0 Å². The molecular weight excluding hydrogens is 297 g/mol. The molecule has 5 nitrogen and oxygen atoms in total. The molecule has 1 aromatic heterocycles. The molecule has 23 heavy (non-hydrogen) atoms. The van der Waals surface area contributed by atoms with E-state index in [9.17, 15) is 14.0 Å². The molecule has 1 fully saturated rings. The number of carbonyl (C=O) groups excluding carboxylic acids is 2. The Bertz CT molecular complexity index is 731. The first-order chi connectivity index (χ1) is 11.1. The molecule has 1 N–H and O–H groups in total. The van der Waals surface area contributed by atoms with E-state index in [4.69, 9.17) is 0 Å². The lowest BCUT2D eigenvalue weighted by Crippen LogP contribution is -2.25. The monoisotopic (exact) mass is 313 g/mol. The fourth-order valence-electron chi connectivity index (χ4n) is 2.55. The lowest BCUT2D eigenvalue weighted by molar-refractivity contribution is -0.117. The zero-order valence-corrected chi connectivity index (χ0v) is 12.5. The molecule has 6 heteroatoms. The molecule has 0 atom stereocenters. The smallest absolute Gasteiger partial charge is 0.254 e. The first-order valence-corrected chi connectivity index (χ1v) is 7.42. The minimum Gasteiger partial charge on any atom is -0.348 e. The summed E-state index contributed by atoms with van der Waals surface area (Å²) in [5.41, 5.74) is 1.71. The molecule has 3 rings (SSSR count). The number of benzene rings is 1. The SMILES string of the molecule is O=C(NCc1ccc(N2CCCC2=O)cc1)c1ccncc1F. The van der Waals surface area contributed by atoms with Crippen molar-refractivity contribution in [2.24, 2.45) is 0 Å². The van der Waals surface area contributed by atoms with Gasteiger partial charge in [0.15, 0.2) is 5.82 Å². The highest BCUT2D eigenvalue weighted by atomic mass is 19.1. The Morgan fingerprint density at radius 3 is 2.70 bits per heavy atom. The van der Waals surface area contributed by atoms with E-state index in [-0.39, 0.29) is 18.0 Å². The van der Waals surface area contributed by atoms with Crippen LogP contribution in [0.3, 0.4) is 0 Å². The molecular formula is C17H16FN3O2. The van der Waals surface area contributed by atoms with Crippen molar-refractivity contribution in [3.05, 3.63) is 59.7 Å². The minimum atomic E-state index is -0.645. The lowest BCUT2D eigenvalue weighted by atomic mass is 10.2. The lowest BCUT2D eigenvalue weighted by Gasteiger charge is -2.16. The van der Waals surface area contributed by atoms with Crippen molar-refractivity contribution < 1.29 is 14.0 Å². The van der Waals surface area contributed by atoms with Crippen LogP contribution in [-0.4, -0.2) is 23.3 Å². The van der Waals surface area contributed by atoms with E-state index in [1.165, 1.54) is 12.3 Å². The summed E-state index contributed by atoms with van der Waals surface area (Å²) in [5.74, 6) is -0.990. The van der Waals surface area contributed by atoms with Crippen LogP contribution in [0.25, 0.3) is 0 Å². The van der Waals surface area contributed by atoms with Gasteiger partial charge in [0.25, 0.3) is 5.91 Å². The van der Waals surface area contributed by atoms with Gasteiger partial charge in [0.2, 0.25) is 5.91 Å². The van der Waals surface area contributed by atoms with Crippen LogP contribution in [-0.2, 0) is 11.3 Å². The average Bonchev–Trinajstić information content (AvgIpc) is 2.99. The normalized spacial score (nSPS) is 14.1. The molecule has 1 aliphatic heterocycles. The van der Waals surface area contributed by atoms with Gasteiger partial charge in [-0.15, -0.1) is 0 Å². The number of hydrogen-bond acceptors (Lipinski definition) is 3. The predicted molar refractivity (Wildman–Crippen MR) is 83.4 cm³/mol. The maximum absolute atomic E-state index is 13.5. The second kappa shape index (κ2) is 6.56. The topological polar surface area (TPSA) is 62.3 Å². The van der Waals surface area contributed by atoms with Crippen LogP contribution >= 0.6 is 0 Å². The Labute approximate surface area is 133 Å². The van der Waals surface area contributed by atoms with Crippen LogP contribution in [0, 0.1) is 5.82 Å². The van der Waals surface area contributed by atoms with Gasteiger partial charge in [0.05, 0.1) is 11.8 Å². The van der Waals surface area contributed by atoms with Crippen LogP contribution in [0.15, 0.2) is 42.7 Å². The second-order valence-corrected chi connectivity index (χ2v) is 5.35. The number of anilines is 1. The summed E-state index contributed by atoms with van der Waals surface area (Å²) < 4.78 is 13.5. The first kappa shape index (κ1) is 15.1. The van der Waals surface area contributed by atoms with Crippen molar-refractivity contribution in [1.82, 2.24) is 10.3 Å². The third-order valence-corrected chi connectivity index (χ3v) is 3.79. The van der Waals surface area contributed by atoms with E-state index >= 15 is 0 Å². The zero-order chi connectivity index (χ0) is 16.2. The molecule has 118 valence electrons. The number of halogens is 1. The molecule has 2 heterocycles. The number of nitrogens with one attached hydrogen (secondary N) is 1. The average molecular weight is 313 g/mol. The van der Waals surface area contributed by atoms with Gasteiger partial charge in [-0.25, -0.2) is 4.39 Å². The van der Waals surface area contributed by atoms with Gasteiger partial charge in [0.1, 0.15) is 0 Å². The van der Waals surface area contributed by atoms with Gasteiger partial charge < -0.3 is 10.2 Å². The van der Waals surface area contributed by atoms with Gasteiger partial charge in [-0.1, -0.05) is 12.1 Å². The van der Waals surface area contributed by atoms with Gasteiger partial charge in [-0.3, -0.25) is 14.6 Å². The number of nitrogens with zero attached hydrogens (tertiary/aromatic N) is 2. The summed E-state index contributed by atoms with van der Waals surface area (Å²) in [6.45, 7) is 1.03. The minimum absolute atomic E-state index is 0.0284. The van der Waals surface area contributed by atoms with Gasteiger partial charge in [-0.2, -0.15) is 0 Å². The fraction of sp³-hybridized carbons (Fsp3) is 0.235. The Balaban J connectivity index is 1.62. The van der Waals surface area contributed by atoms with Crippen molar-refractivity contribution in [3.8, 4) is 0 Å². The van der Waals surface area contributed by atoms with Crippen molar-refractivity contribution >= 4 is 17.5 Å². The molecule has 0 saturated carbocycles. The Hall–Kier alpha value is -2.76. The number of rotatable bonds is 4. The van der Waals surface area contributed by atoms with E-state index in [0.717, 1.165) is 30.4 Å². The van der Waals surface area contributed by atoms with Gasteiger partial charge in [-0.05, 0) is 30.2 Å².